The van der Waals surface area contributed by atoms with Gasteiger partial charge in [0.05, 0.1) is 5.57 Å². The van der Waals surface area contributed by atoms with Crippen LogP contribution in [0.2, 0.25) is 0 Å². The molecule has 1 rings (SSSR count). The van der Waals surface area contributed by atoms with E-state index in [1.54, 1.807) is 25.1 Å². The third kappa shape index (κ3) is 1.95. The SMILES string of the molecule is C/C=N\O[C@@]1(C)OC(N)=C(C#N)C1=C(C#N)C#N. The molecule has 1 aliphatic rings. The Balaban J connectivity index is 3.47. The number of ether oxygens (including phenoxy) is 1. The van der Waals surface area contributed by atoms with Crippen molar-refractivity contribution in [1.82, 2.24) is 0 Å². The van der Waals surface area contributed by atoms with Gasteiger partial charge >= 0.3 is 5.79 Å². The number of hydrogen-bond acceptors (Lipinski definition) is 7. The monoisotopic (exact) mass is 243 g/mol. The third-order valence-electron chi connectivity index (χ3n) is 2.17. The Hall–Kier alpha value is -2.98. The summed E-state index contributed by atoms with van der Waals surface area (Å²) in [5.41, 5.74) is 5.11. The van der Waals surface area contributed by atoms with Crippen molar-refractivity contribution >= 4 is 6.21 Å². The fraction of sp³-hybridized carbons (Fsp3) is 0.273. The summed E-state index contributed by atoms with van der Waals surface area (Å²) in [7, 11) is 0. The molecule has 0 aromatic carbocycles. The minimum atomic E-state index is -1.55. The van der Waals surface area contributed by atoms with E-state index in [-0.39, 0.29) is 22.6 Å². The molecule has 7 nitrogen and oxygen atoms in total. The summed E-state index contributed by atoms with van der Waals surface area (Å²) in [6.45, 7) is 3.03. The molecule has 90 valence electrons. The van der Waals surface area contributed by atoms with Crippen LogP contribution in [0.15, 0.2) is 27.8 Å². The highest BCUT2D eigenvalue weighted by atomic mass is 16.8. The van der Waals surface area contributed by atoms with Gasteiger partial charge in [0.2, 0.25) is 5.88 Å². The van der Waals surface area contributed by atoms with Crippen molar-refractivity contribution < 1.29 is 9.57 Å². The molecule has 0 bridgehead atoms. The van der Waals surface area contributed by atoms with E-state index < -0.39 is 5.79 Å². The van der Waals surface area contributed by atoms with Gasteiger partial charge < -0.3 is 15.3 Å². The van der Waals surface area contributed by atoms with Gasteiger partial charge in [0.25, 0.3) is 0 Å². The van der Waals surface area contributed by atoms with Crippen molar-refractivity contribution in [3.8, 4) is 18.2 Å². The number of oxime groups is 1. The summed E-state index contributed by atoms with van der Waals surface area (Å²) in [5, 5.41) is 30.3. The first-order valence-electron chi connectivity index (χ1n) is 4.84. The van der Waals surface area contributed by atoms with Crippen LogP contribution in [0.25, 0.3) is 0 Å². The second-order valence-electron chi connectivity index (χ2n) is 3.33. The molecule has 0 unspecified atom stereocenters. The Kier molecular flexibility index (Phi) is 3.56. The molecule has 7 heteroatoms. The van der Waals surface area contributed by atoms with Crippen LogP contribution < -0.4 is 5.73 Å². The van der Waals surface area contributed by atoms with Gasteiger partial charge in [-0.15, -0.1) is 0 Å². The van der Waals surface area contributed by atoms with E-state index in [9.17, 15) is 0 Å². The van der Waals surface area contributed by atoms with E-state index in [4.69, 9.17) is 31.1 Å². The first kappa shape index (κ1) is 13.1. The van der Waals surface area contributed by atoms with E-state index in [2.05, 4.69) is 5.16 Å². The van der Waals surface area contributed by atoms with E-state index in [0.29, 0.717) is 0 Å². The quantitative estimate of drug-likeness (QED) is 0.433. The lowest BCUT2D eigenvalue weighted by molar-refractivity contribution is -0.164. The van der Waals surface area contributed by atoms with Crippen LogP contribution in [0.4, 0.5) is 0 Å². The maximum Gasteiger partial charge on any atom is 0.304 e. The Morgan fingerprint density at radius 3 is 2.50 bits per heavy atom. The zero-order valence-corrected chi connectivity index (χ0v) is 9.76. The highest BCUT2D eigenvalue weighted by Crippen LogP contribution is 2.39. The number of nitriles is 3. The van der Waals surface area contributed by atoms with Crippen molar-refractivity contribution in [1.29, 1.82) is 15.8 Å². The van der Waals surface area contributed by atoms with E-state index in [1.807, 2.05) is 0 Å². The lowest BCUT2D eigenvalue weighted by Crippen LogP contribution is -2.30. The summed E-state index contributed by atoms with van der Waals surface area (Å²) in [6, 6.07) is 5.13. The van der Waals surface area contributed by atoms with Gasteiger partial charge in [-0.25, -0.2) is 0 Å². The normalized spacial score (nSPS) is 22.1. The first-order chi connectivity index (χ1) is 8.53. The average molecular weight is 243 g/mol. The Bertz CT molecular complexity index is 566. The number of nitrogens with two attached hydrogens (primary N) is 1. The maximum absolute atomic E-state index is 8.99. The molecule has 0 aromatic heterocycles. The van der Waals surface area contributed by atoms with Crippen LogP contribution in [0.3, 0.4) is 0 Å². The number of hydrogen-bond donors (Lipinski definition) is 1. The highest BCUT2D eigenvalue weighted by molar-refractivity contribution is 5.60. The average Bonchev–Trinajstić information content (AvgIpc) is 2.61. The standard InChI is InChI=1S/C11H9N5O2/c1-3-16-18-11(2)9(7(4-12)5-13)8(6-14)10(15)17-11/h3H,15H2,1-2H3/b16-3-/t11-/m1/s1. The predicted octanol–water partition coefficient (Wildman–Crippen LogP) is 0.793. The summed E-state index contributed by atoms with van der Waals surface area (Å²) in [4.78, 5) is 5.05. The Morgan fingerprint density at radius 1 is 1.44 bits per heavy atom. The Morgan fingerprint density at radius 2 is 2.06 bits per heavy atom. The topological polar surface area (TPSA) is 128 Å². The summed E-state index contributed by atoms with van der Waals surface area (Å²) >= 11 is 0. The van der Waals surface area contributed by atoms with E-state index in [1.165, 1.54) is 13.1 Å². The first-order valence-corrected chi connectivity index (χ1v) is 4.84. The van der Waals surface area contributed by atoms with Crippen molar-refractivity contribution in [2.75, 3.05) is 0 Å². The second-order valence-corrected chi connectivity index (χ2v) is 3.33. The van der Waals surface area contributed by atoms with Gasteiger partial charge in [0.15, 0.2) is 0 Å². The van der Waals surface area contributed by atoms with Gasteiger partial charge in [-0.2, -0.15) is 15.8 Å². The summed E-state index contributed by atoms with van der Waals surface area (Å²) < 4.78 is 5.19. The van der Waals surface area contributed by atoms with E-state index >= 15 is 0 Å². The molecule has 1 heterocycles. The molecular formula is C11H9N5O2. The molecule has 1 atom stereocenters. The van der Waals surface area contributed by atoms with Gasteiger partial charge in [0.1, 0.15) is 29.4 Å². The predicted molar refractivity (Wildman–Crippen MR) is 59.8 cm³/mol. The largest absolute Gasteiger partial charge is 0.430 e. The maximum atomic E-state index is 8.99. The summed E-state index contributed by atoms with van der Waals surface area (Å²) in [5.74, 6) is -1.76. The zero-order valence-electron chi connectivity index (χ0n) is 9.76. The number of allylic oxidation sites excluding steroid dienone is 1. The van der Waals surface area contributed by atoms with Crippen LogP contribution in [-0.4, -0.2) is 12.0 Å². The summed E-state index contributed by atoms with van der Waals surface area (Å²) in [6.07, 6.45) is 1.35. The lowest BCUT2D eigenvalue weighted by atomic mass is 9.97. The zero-order chi connectivity index (χ0) is 13.8. The second kappa shape index (κ2) is 4.90. The van der Waals surface area contributed by atoms with Crippen molar-refractivity contribution in [3.05, 3.63) is 22.6 Å². The highest BCUT2D eigenvalue weighted by Gasteiger charge is 2.47. The molecule has 0 saturated carbocycles. The van der Waals surface area contributed by atoms with Crippen LogP contribution in [0.1, 0.15) is 13.8 Å². The van der Waals surface area contributed by atoms with Crippen LogP contribution in [0.5, 0.6) is 0 Å². The van der Waals surface area contributed by atoms with Crippen molar-refractivity contribution in [3.63, 3.8) is 0 Å². The molecule has 0 aliphatic carbocycles. The van der Waals surface area contributed by atoms with E-state index in [0.717, 1.165) is 0 Å². The molecule has 0 fully saturated rings. The molecule has 0 spiro atoms. The molecule has 18 heavy (non-hydrogen) atoms. The molecule has 2 N–H and O–H groups in total. The fourth-order valence-corrected chi connectivity index (χ4v) is 1.48. The van der Waals surface area contributed by atoms with Gasteiger partial charge in [0, 0.05) is 13.1 Å². The van der Waals surface area contributed by atoms with Crippen molar-refractivity contribution in [2.24, 2.45) is 10.9 Å². The van der Waals surface area contributed by atoms with Gasteiger partial charge in [-0.05, 0) is 6.92 Å². The van der Waals surface area contributed by atoms with Crippen LogP contribution >= 0.6 is 0 Å². The Labute approximate surface area is 104 Å². The number of nitrogens with zero attached hydrogens (tertiary/aromatic N) is 4. The van der Waals surface area contributed by atoms with Crippen LogP contribution in [-0.2, 0) is 9.57 Å². The van der Waals surface area contributed by atoms with Gasteiger partial charge in [-0.3, -0.25) is 0 Å². The fourth-order valence-electron chi connectivity index (χ4n) is 1.48. The number of rotatable bonds is 2. The van der Waals surface area contributed by atoms with Gasteiger partial charge in [-0.1, -0.05) is 5.16 Å². The smallest absolute Gasteiger partial charge is 0.304 e. The van der Waals surface area contributed by atoms with Crippen LogP contribution in [0, 0.1) is 34.0 Å². The molecule has 0 amide bonds. The molecule has 0 radical (unpaired) electrons. The lowest BCUT2D eigenvalue weighted by Gasteiger charge is -2.22. The molecular weight excluding hydrogens is 234 g/mol. The minimum Gasteiger partial charge on any atom is -0.430 e. The minimum absolute atomic E-state index is 0.0156. The molecule has 1 aliphatic heterocycles. The molecule has 0 saturated heterocycles. The molecule has 0 aromatic rings. The third-order valence-corrected chi connectivity index (χ3v) is 2.17. The van der Waals surface area contributed by atoms with Crippen molar-refractivity contribution in [2.45, 2.75) is 19.6 Å².